The zero-order valence-corrected chi connectivity index (χ0v) is 15.8. The molecule has 1 aromatic carbocycles. The van der Waals surface area contributed by atoms with E-state index < -0.39 is 8.32 Å². The van der Waals surface area contributed by atoms with Crippen LogP contribution in [0.25, 0.3) is 0 Å². The van der Waals surface area contributed by atoms with E-state index in [1.54, 1.807) is 0 Å². The molecule has 2 unspecified atom stereocenters. The van der Waals surface area contributed by atoms with Gasteiger partial charge in [-0.25, -0.2) is 0 Å². The summed E-state index contributed by atoms with van der Waals surface area (Å²) in [5, 5.41) is 3.88. The van der Waals surface area contributed by atoms with Crippen LogP contribution in [-0.2, 0) is 11.0 Å². The van der Waals surface area contributed by atoms with Crippen LogP contribution in [-0.4, -0.2) is 20.3 Å². The van der Waals surface area contributed by atoms with Gasteiger partial charge in [-0.15, -0.1) is 0 Å². The summed E-state index contributed by atoms with van der Waals surface area (Å²) in [5.74, 6) is 0.629. The van der Waals surface area contributed by atoms with Gasteiger partial charge < -0.3 is 4.43 Å². The lowest BCUT2D eigenvalue weighted by Gasteiger charge is -2.29. The van der Waals surface area contributed by atoms with Crippen LogP contribution in [0.5, 0.6) is 0 Å². The summed E-state index contributed by atoms with van der Waals surface area (Å²) in [6.45, 7) is 10.7. The molecule has 1 aromatic rings. The lowest BCUT2D eigenvalue weighted by atomic mass is 10.1. The number of benzene rings is 1. The first kappa shape index (κ1) is 18.8. The molecule has 0 fully saturated rings. The summed E-state index contributed by atoms with van der Waals surface area (Å²) >= 11 is 4.73. The highest BCUT2D eigenvalue weighted by Gasteiger charge is 2.27. The van der Waals surface area contributed by atoms with E-state index in [4.69, 9.17) is 17.1 Å². The van der Waals surface area contributed by atoms with Crippen LogP contribution in [0.15, 0.2) is 30.3 Å². The van der Waals surface area contributed by atoms with Crippen LogP contribution in [0.4, 0.5) is 0 Å². The third-order valence-electron chi connectivity index (χ3n) is 3.79. The minimum atomic E-state index is -1.61. The van der Waals surface area contributed by atoms with E-state index in [-0.39, 0.29) is 0 Å². The zero-order chi connectivity index (χ0) is 15.7. The van der Waals surface area contributed by atoms with Gasteiger partial charge in [0.05, 0.1) is 6.73 Å². The van der Waals surface area contributed by atoms with Crippen LogP contribution in [0.1, 0.15) is 32.3 Å². The van der Waals surface area contributed by atoms with Crippen molar-refractivity contribution in [1.82, 2.24) is 5.32 Å². The first-order valence-corrected chi connectivity index (χ1v) is 11.6. The molecular weight excluding hydrogens is 294 g/mol. The Hall–Kier alpha value is -0.293. The summed E-state index contributed by atoms with van der Waals surface area (Å²) in [6.07, 6.45) is 2.40. The van der Waals surface area contributed by atoms with Crippen molar-refractivity contribution in [2.24, 2.45) is 5.92 Å². The van der Waals surface area contributed by atoms with Crippen molar-refractivity contribution in [3.8, 4) is 0 Å². The molecule has 0 heterocycles. The minimum Gasteiger partial charge on any atom is -0.405 e. The molecule has 0 aliphatic carbocycles. The Kier molecular flexibility index (Phi) is 8.64. The van der Waals surface area contributed by atoms with E-state index in [1.807, 2.05) is 6.07 Å². The van der Waals surface area contributed by atoms with E-state index in [9.17, 15) is 0 Å². The van der Waals surface area contributed by atoms with E-state index in [0.29, 0.717) is 17.9 Å². The Morgan fingerprint density at radius 2 is 1.90 bits per heavy atom. The van der Waals surface area contributed by atoms with Crippen LogP contribution < -0.4 is 5.32 Å². The minimum absolute atomic E-state index is 0.502. The first-order chi connectivity index (χ1) is 9.94. The van der Waals surface area contributed by atoms with Crippen molar-refractivity contribution in [2.75, 3.05) is 6.73 Å². The number of rotatable bonds is 10. The van der Waals surface area contributed by atoms with E-state index in [1.165, 1.54) is 24.4 Å². The average Bonchev–Trinajstić information content (AvgIpc) is 2.44. The lowest BCUT2D eigenvalue weighted by Crippen LogP contribution is -2.37. The molecule has 2 nitrogen and oxygen atoms in total. The van der Waals surface area contributed by atoms with E-state index >= 15 is 0 Å². The third kappa shape index (κ3) is 8.05. The number of hydrogen-bond donors (Lipinski definition) is 2. The Balaban J connectivity index is 2.26. The van der Waals surface area contributed by atoms with Gasteiger partial charge in [0, 0.05) is 11.8 Å². The summed E-state index contributed by atoms with van der Waals surface area (Å²) in [5.41, 5.74) is 1.30. The second-order valence-corrected chi connectivity index (χ2v) is 11.4. The maximum atomic E-state index is 6.14. The number of thiol groups is 1. The topological polar surface area (TPSA) is 21.3 Å². The second kappa shape index (κ2) is 9.67. The predicted octanol–water partition coefficient (Wildman–Crippen LogP) is 4.69. The molecule has 4 heteroatoms. The number of hydrogen-bond acceptors (Lipinski definition) is 3. The number of nitrogens with one attached hydrogen (secondary N) is 1. The zero-order valence-electron chi connectivity index (χ0n) is 13.9. The lowest BCUT2D eigenvalue weighted by molar-refractivity contribution is 0.267. The first-order valence-electron chi connectivity index (χ1n) is 8.01. The molecule has 2 atom stereocenters. The Bertz CT molecular complexity index is 386. The second-order valence-electron chi connectivity index (χ2n) is 6.50. The molecule has 0 aliphatic rings. The highest BCUT2D eigenvalue weighted by atomic mass is 32.1. The molecule has 0 aromatic heterocycles. The molecule has 0 bridgehead atoms. The van der Waals surface area contributed by atoms with Gasteiger partial charge in [-0.05, 0) is 37.0 Å². The van der Waals surface area contributed by atoms with Crippen molar-refractivity contribution < 1.29 is 4.43 Å². The molecule has 120 valence electrons. The predicted molar refractivity (Wildman–Crippen MR) is 98.4 cm³/mol. The van der Waals surface area contributed by atoms with Crippen LogP contribution in [0.3, 0.4) is 0 Å². The van der Waals surface area contributed by atoms with Crippen LogP contribution in [0.2, 0.25) is 19.1 Å². The van der Waals surface area contributed by atoms with Gasteiger partial charge in [-0.1, -0.05) is 50.6 Å². The van der Waals surface area contributed by atoms with Gasteiger partial charge in [-0.3, -0.25) is 5.32 Å². The quantitative estimate of drug-likeness (QED) is 0.282. The molecule has 0 aliphatic heterocycles. The SMILES string of the molecule is CCCC(S)C(C)C[Si](C)(C)OCNCc1ccccc1. The van der Waals surface area contributed by atoms with E-state index in [2.05, 4.69) is 56.5 Å². The highest BCUT2D eigenvalue weighted by molar-refractivity contribution is 7.81. The van der Waals surface area contributed by atoms with Crippen LogP contribution >= 0.6 is 12.6 Å². The maximum Gasteiger partial charge on any atom is 0.188 e. The fourth-order valence-electron chi connectivity index (χ4n) is 2.59. The smallest absolute Gasteiger partial charge is 0.188 e. The van der Waals surface area contributed by atoms with Crippen LogP contribution in [0, 0.1) is 5.92 Å². The summed E-state index contributed by atoms with van der Waals surface area (Å²) < 4.78 is 6.14. The molecule has 1 rings (SSSR count). The van der Waals surface area contributed by atoms with Gasteiger partial charge in [0.15, 0.2) is 8.32 Å². The maximum absolute atomic E-state index is 6.14. The molecule has 0 amide bonds. The van der Waals surface area contributed by atoms with Gasteiger partial charge in [0.1, 0.15) is 0 Å². The molecule has 0 spiro atoms. The van der Waals surface area contributed by atoms with Crippen molar-refractivity contribution in [1.29, 1.82) is 0 Å². The molecule has 0 radical (unpaired) electrons. The van der Waals surface area contributed by atoms with Crippen molar-refractivity contribution in [3.63, 3.8) is 0 Å². The Morgan fingerprint density at radius 1 is 1.24 bits per heavy atom. The van der Waals surface area contributed by atoms with Gasteiger partial charge >= 0.3 is 0 Å². The highest BCUT2D eigenvalue weighted by Crippen LogP contribution is 2.25. The van der Waals surface area contributed by atoms with Crippen molar-refractivity contribution in [2.45, 2.75) is 57.6 Å². The molecule has 21 heavy (non-hydrogen) atoms. The fourth-order valence-corrected chi connectivity index (χ4v) is 5.60. The molecule has 0 saturated heterocycles. The largest absolute Gasteiger partial charge is 0.405 e. The van der Waals surface area contributed by atoms with E-state index in [0.717, 1.165) is 6.54 Å². The monoisotopic (exact) mass is 325 g/mol. The van der Waals surface area contributed by atoms with Gasteiger partial charge in [0.25, 0.3) is 0 Å². The summed E-state index contributed by atoms with van der Waals surface area (Å²) in [7, 11) is -1.61. The van der Waals surface area contributed by atoms with Gasteiger partial charge in [0.2, 0.25) is 0 Å². The standard InChI is InChI=1S/C17H31NOSSi/c1-5-9-17(20)15(2)13-21(3,4)19-14-18-12-16-10-7-6-8-11-16/h6-8,10-11,15,17-18,20H,5,9,12-14H2,1-4H3. The van der Waals surface area contributed by atoms with Gasteiger partial charge in [-0.2, -0.15) is 12.6 Å². The van der Waals surface area contributed by atoms with Crippen molar-refractivity contribution in [3.05, 3.63) is 35.9 Å². The summed E-state index contributed by atoms with van der Waals surface area (Å²) in [4.78, 5) is 0. The normalized spacial score (nSPS) is 14.9. The fraction of sp³-hybridized carbons (Fsp3) is 0.647. The third-order valence-corrected chi connectivity index (χ3v) is 7.11. The summed E-state index contributed by atoms with van der Waals surface area (Å²) in [6, 6.07) is 11.6. The van der Waals surface area contributed by atoms with Crippen molar-refractivity contribution >= 4 is 20.9 Å². The Labute approximate surface area is 137 Å². The Morgan fingerprint density at radius 3 is 2.52 bits per heavy atom. The molecular formula is C17H31NOSSi. The molecule has 0 saturated carbocycles. The average molecular weight is 326 g/mol. The molecule has 1 N–H and O–H groups in total.